The fourth-order valence-corrected chi connectivity index (χ4v) is 7.11. The summed E-state index contributed by atoms with van der Waals surface area (Å²) >= 11 is 1.32. The zero-order valence-electron chi connectivity index (χ0n) is 15.7. The molecule has 8 heteroatoms. The number of nitrogens with zero attached hydrogens (tertiary/aromatic N) is 2. The van der Waals surface area contributed by atoms with Crippen LogP contribution in [-0.4, -0.2) is 49.9 Å². The number of sulfone groups is 1. The normalized spacial score (nSPS) is 23.9. The number of pyridine rings is 1. The van der Waals surface area contributed by atoms with E-state index < -0.39 is 9.84 Å². The van der Waals surface area contributed by atoms with Gasteiger partial charge in [-0.1, -0.05) is 18.2 Å². The van der Waals surface area contributed by atoms with Gasteiger partial charge in [0, 0.05) is 36.1 Å². The Bertz CT molecular complexity index is 1160. The largest absolute Gasteiger partial charge is 0.347 e. The first-order chi connectivity index (χ1) is 14.0. The molecule has 2 aliphatic rings. The van der Waals surface area contributed by atoms with E-state index in [4.69, 9.17) is 0 Å². The Morgan fingerprint density at radius 2 is 2.03 bits per heavy atom. The lowest BCUT2D eigenvalue weighted by Gasteiger charge is -2.30. The van der Waals surface area contributed by atoms with E-state index in [1.54, 1.807) is 48.0 Å². The van der Waals surface area contributed by atoms with E-state index in [0.29, 0.717) is 11.3 Å². The summed E-state index contributed by atoms with van der Waals surface area (Å²) in [4.78, 5) is 19.9. The van der Waals surface area contributed by atoms with Crippen LogP contribution in [0.25, 0.3) is 10.1 Å². The Kier molecular flexibility index (Phi) is 4.64. The van der Waals surface area contributed by atoms with Gasteiger partial charge in [-0.3, -0.25) is 4.79 Å². The maximum absolute atomic E-state index is 13.1. The van der Waals surface area contributed by atoms with Crippen LogP contribution in [0.1, 0.15) is 23.3 Å². The highest BCUT2D eigenvalue weighted by atomic mass is 32.2. The number of carbonyl (C=O) groups is 1. The third-order valence-electron chi connectivity index (χ3n) is 5.80. The van der Waals surface area contributed by atoms with Gasteiger partial charge in [-0.05, 0) is 43.5 Å². The highest BCUT2D eigenvalue weighted by Crippen LogP contribution is 2.33. The molecular formula is C21H21N3O3S2. The SMILES string of the molecule is O=C(N[C@@H]1C[C@H]2CCN(C2)C1)c1cc2c(S(=O)(=O)c3ccccc3)csc2cn1. The van der Waals surface area contributed by atoms with Gasteiger partial charge in [0.1, 0.15) is 5.69 Å². The van der Waals surface area contributed by atoms with Crippen molar-refractivity contribution in [2.75, 3.05) is 19.6 Å². The Morgan fingerprint density at radius 1 is 1.21 bits per heavy atom. The first kappa shape index (κ1) is 18.7. The summed E-state index contributed by atoms with van der Waals surface area (Å²) in [6, 6.07) is 10.1. The summed E-state index contributed by atoms with van der Waals surface area (Å²) in [6.45, 7) is 3.11. The van der Waals surface area contributed by atoms with Gasteiger partial charge in [0.05, 0.1) is 14.5 Å². The maximum Gasteiger partial charge on any atom is 0.270 e. The summed E-state index contributed by atoms with van der Waals surface area (Å²) in [6.07, 6.45) is 3.79. The average Bonchev–Trinajstić information content (AvgIpc) is 3.31. The minimum absolute atomic E-state index is 0.122. The second-order valence-electron chi connectivity index (χ2n) is 7.80. The lowest BCUT2D eigenvalue weighted by molar-refractivity contribution is 0.0904. The van der Waals surface area contributed by atoms with Gasteiger partial charge in [0.15, 0.2) is 0 Å². The number of amides is 1. The Labute approximate surface area is 173 Å². The number of aromatic nitrogens is 1. The number of fused-ring (bicyclic) bond motifs is 3. The van der Waals surface area contributed by atoms with Crippen molar-refractivity contribution in [2.45, 2.75) is 28.7 Å². The molecule has 150 valence electrons. The molecular weight excluding hydrogens is 406 g/mol. The summed E-state index contributed by atoms with van der Waals surface area (Å²) < 4.78 is 26.9. The molecule has 2 fully saturated rings. The van der Waals surface area contributed by atoms with Crippen molar-refractivity contribution < 1.29 is 13.2 Å². The Balaban J connectivity index is 1.44. The first-order valence-electron chi connectivity index (χ1n) is 9.71. The first-order valence-corrected chi connectivity index (χ1v) is 12.1. The second kappa shape index (κ2) is 7.19. The van der Waals surface area contributed by atoms with E-state index in [0.717, 1.165) is 30.8 Å². The topological polar surface area (TPSA) is 79.4 Å². The molecule has 29 heavy (non-hydrogen) atoms. The standard InChI is InChI=1S/C21H21N3O3S2/c25-21(23-15-8-14-6-7-24(11-14)12-15)18-9-17-19(10-22-18)28-13-20(17)29(26,27)16-4-2-1-3-5-16/h1-5,9-10,13-15H,6-8,11-12H2,(H,23,25)/t14-,15-/m1/s1. The molecule has 2 aromatic heterocycles. The molecule has 1 aromatic carbocycles. The molecule has 1 amide bonds. The van der Waals surface area contributed by atoms with E-state index >= 15 is 0 Å². The molecule has 0 saturated carbocycles. The molecule has 2 saturated heterocycles. The van der Waals surface area contributed by atoms with Crippen molar-refractivity contribution in [3.8, 4) is 0 Å². The van der Waals surface area contributed by atoms with Crippen molar-refractivity contribution in [3.63, 3.8) is 0 Å². The quantitative estimate of drug-likeness (QED) is 0.693. The van der Waals surface area contributed by atoms with Crippen molar-refractivity contribution in [1.82, 2.24) is 15.2 Å². The lowest BCUT2D eigenvalue weighted by Crippen LogP contribution is -2.47. The zero-order chi connectivity index (χ0) is 20.0. The van der Waals surface area contributed by atoms with E-state index in [2.05, 4.69) is 15.2 Å². The fourth-order valence-electron chi connectivity index (χ4n) is 4.39. The van der Waals surface area contributed by atoms with Crippen LogP contribution in [0.4, 0.5) is 0 Å². The highest BCUT2D eigenvalue weighted by Gasteiger charge is 2.33. The van der Waals surface area contributed by atoms with Crippen LogP contribution < -0.4 is 5.32 Å². The number of thiophene rings is 1. The zero-order valence-corrected chi connectivity index (χ0v) is 17.4. The Morgan fingerprint density at radius 3 is 2.83 bits per heavy atom. The molecule has 5 rings (SSSR count). The number of rotatable bonds is 4. The smallest absolute Gasteiger partial charge is 0.270 e. The summed E-state index contributed by atoms with van der Waals surface area (Å²) in [5.74, 6) is 0.414. The molecule has 0 radical (unpaired) electrons. The van der Waals surface area contributed by atoms with Crippen LogP contribution in [0.2, 0.25) is 0 Å². The monoisotopic (exact) mass is 427 g/mol. The third-order valence-corrected chi connectivity index (χ3v) is 8.69. The van der Waals surface area contributed by atoms with Gasteiger partial charge in [-0.15, -0.1) is 11.3 Å². The van der Waals surface area contributed by atoms with Gasteiger partial charge in [-0.2, -0.15) is 0 Å². The average molecular weight is 428 g/mol. The van der Waals surface area contributed by atoms with E-state index in [1.807, 2.05) is 0 Å². The molecule has 6 nitrogen and oxygen atoms in total. The fraction of sp³-hybridized carbons (Fsp3) is 0.333. The number of hydrogen-bond acceptors (Lipinski definition) is 6. The van der Waals surface area contributed by atoms with Gasteiger partial charge < -0.3 is 10.2 Å². The second-order valence-corrected chi connectivity index (χ2v) is 10.6. The summed E-state index contributed by atoms with van der Waals surface area (Å²) in [7, 11) is -3.65. The van der Waals surface area contributed by atoms with Crippen LogP contribution in [0, 0.1) is 5.92 Å². The molecule has 1 unspecified atom stereocenters. The van der Waals surface area contributed by atoms with Gasteiger partial charge in [-0.25, -0.2) is 13.4 Å². The molecule has 1 N–H and O–H groups in total. The van der Waals surface area contributed by atoms with E-state index in [1.165, 1.54) is 17.8 Å². The van der Waals surface area contributed by atoms with Gasteiger partial charge in [0.2, 0.25) is 9.84 Å². The van der Waals surface area contributed by atoms with Crippen LogP contribution in [-0.2, 0) is 9.84 Å². The minimum atomic E-state index is -3.65. The predicted octanol–water partition coefficient (Wildman–Crippen LogP) is 2.95. The predicted molar refractivity (Wildman–Crippen MR) is 112 cm³/mol. The molecule has 0 spiro atoms. The molecule has 4 heterocycles. The van der Waals surface area contributed by atoms with Gasteiger partial charge >= 0.3 is 0 Å². The van der Waals surface area contributed by atoms with Crippen LogP contribution in [0.5, 0.6) is 0 Å². The highest BCUT2D eigenvalue weighted by molar-refractivity contribution is 7.92. The lowest BCUT2D eigenvalue weighted by atomic mass is 9.97. The molecule has 2 aliphatic heterocycles. The van der Waals surface area contributed by atoms with Crippen molar-refractivity contribution in [3.05, 3.63) is 53.7 Å². The maximum atomic E-state index is 13.1. The Hall–Kier alpha value is -2.29. The molecule has 3 aromatic rings. The summed E-state index contributed by atoms with van der Waals surface area (Å²) in [5, 5.41) is 5.27. The van der Waals surface area contributed by atoms with E-state index in [-0.39, 0.29) is 27.4 Å². The van der Waals surface area contributed by atoms with Gasteiger partial charge in [0.25, 0.3) is 5.91 Å². The van der Waals surface area contributed by atoms with Crippen molar-refractivity contribution in [1.29, 1.82) is 0 Å². The third kappa shape index (κ3) is 3.45. The number of carbonyl (C=O) groups excluding carboxylic acids is 1. The molecule has 2 bridgehead atoms. The molecule has 0 aliphatic carbocycles. The van der Waals surface area contributed by atoms with Crippen molar-refractivity contribution in [2.24, 2.45) is 5.92 Å². The van der Waals surface area contributed by atoms with Crippen LogP contribution in [0.15, 0.2) is 57.8 Å². The minimum Gasteiger partial charge on any atom is -0.347 e. The number of nitrogens with one attached hydrogen (secondary N) is 1. The molecule has 3 atom stereocenters. The summed E-state index contributed by atoms with van der Waals surface area (Å²) in [5.41, 5.74) is 0.258. The van der Waals surface area contributed by atoms with E-state index in [9.17, 15) is 13.2 Å². The number of piperidine rings is 1. The number of benzene rings is 1. The van der Waals surface area contributed by atoms with Crippen molar-refractivity contribution >= 4 is 37.2 Å². The number of hydrogen-bond donors (Lipinski definition) is 1. The van der Waals surface area contributed by atoms with Crippen LogP contribution >= 0.6 is 11.3 Å². The van der Waals surface area contributed by atoms with Crippen LogP contribution in [0.3, 0.4) is 0 Å².